The average Bonchev–Trinajstić information content (AvgIpc) is 2.46. The third-order valence-electron chi connectivity index (χ3n) is 2.35. The van der Waals surface area contributed by atoms with E-state index >= 15 is 0 Å². The van der Waals surface area contributed by atoms with Crippen molar-refractivity contribution in [2.45, 2.75) is 0 Å². The van der Waals surface area contributed by atoms with Crippen LogP contribution in [0.4, 0.5) is 5.69 Å². The highest BCUT2D eigenvalue weighted by Crippen LogP contribution is 2.14. The third-order valence-corrected chi connectivity index (χ3v) is 2.35. The number of hydrogen-bond acceptors (Lipinski definition) is 3. The fourth-order valence-electron chi connectivity index (χ4n) is 1.39. The van der Waals surface area contributed by atoms with Crippen LogP contribution < -0.4 is 4.74 Å². The third kappa shape index (κ3) is 3.01. The molecule has 0 aliphatic carbocycles. The van der Waals surface area contributed by atoms with Gasteiger partial charge in [-0.05, 0) is 36.4 Å². The molecule has 0 aliphatic heterocycles. The lowest BCUT2D eigenvalue weighted by Gasteiger charge is -1.99. The van der Waals surface area contributed by atoms with E-state index < -0.39 is 0 Å². The molecular weight excluding hydrogens is 228 g/mol. The number of amides is 1. The highest BCUT2D eigenvalue weighted by molar-refractivity contribution is 5.94. The number of azo groups is 1. The average molecular weight is 240 g/mol. The van der Waals surface area contributed by atoms with Gasteiger partial charge in [-0.2, -0.15) is 0 Å². The first-order valence-corrected chi connectivity index (χ1v) is 5.45. The molecule has 0 radical (unpaired) electrons. The largest absolute Gasteiger partial charge is 0.497 e. The molecule has 0 aliphatic rings. The van der Waals surface area contributed by atoms with Crippen LogP contribution in [0.15, 0.2) is 64.8 Å². The van der Waals surface area contributed by atoms with Gasteiger partial charge in [-0.3, -0.25) is 4.79 Å². The Hall–Kier alpha value is -2.49. The van der Waals surface area contributed by atoms with Crippen molar-refractivity contribution in [2.24, 2.45) is 10.2 Å². The van der Waals surface area contributed by atoms with E-state index in [4.69, 9.17) is 4.74 Å². The first-order valence-electron chi connectivity index (χ1n) is 5.45. The van der Waals surface area contributed by atoms with Crippen LogP contribution in [0.1, 0.15) is 10.4 Å². The second kappa shape index (κ2) is 5.72. The Morgan fingerprint density at radius 1 is 1.00 bits per heavy atom. The molecule has 0 aromatic heterocycles. The van der Waals surface area contributed by atoms with Gasteiger partial charge < -0.3 is 4.74 Å². The summed E-state index contributed by atoms with van der Waals surface area (Å²) in [5.74, 6) is 0.327. The van der Waals surface area contributed by atoms with E-state index in [0.29, 0.717) is 17.0 Å². The molecule has 0 spiro atoms. The van der Waals surface area contributed by atoms with Crippen molar-refractivity contribution in [1.82, 2.24) is 0 Å². The molecule has 18 heavy (non-hydrogen) atoms. The fourth-order valence-corrected chi connectivity index (χ4v) is 1.39. The van der Waals surface area contributed by atoms with E-state index in [1.165, 1.54) is 0 Å². The molecule has 4 nitrogen and oxygen atoms in total. The van der Waals surface area contributed by atoms with Gasteiger partial charge in [-0.1, -0.05) is 18.2 Å². The molecular formula is C14H12N2O2. The minimum absolute atomic E-state index is 0.374. The molecule has 2 aromatic rings. The van der Waals surface area contributed by atoms with Crippen LogP contribution in [0, 0.1) is 0 Å². The van der Waals surface area contributed by atoms with Crippen LogP contribution in [0.2, 0.25) is 0 Å². The van der Waals surface area contributed by atoms with Gasteiger partial charge in [0.25, 0.3) is 5.91 Å². The monoisotopic (exact) mass is 240 g/mol. The molecule has 1 amide bonds. The number of methoxy groups -OCH3 is 1. The summed E-state index contributed by atoms with van der Waals surface area (Å²) < 4.78 is 5.01. The molecule has 0 saturated carbocycles. The molecule has 0 unspecified atom stereocenters. The molecule has 4 heteroatoms. The Balaban J connectivity index is 2.09. The number of benzene rings is 2. The van der Waals surface area contributed by atoms with Crippen molar-refractivity contribution < 1.29 is 9.53 Å². The maximum absolute atomic E-state index is 11.7. The van der Waals surface area contributed by atoms with Crippen molar-refractivity contribution in [3.05, 3.63) is 60.2 Å². The first-order chi connectivity index (χ1) is 8.79. The Morgan fingerprint density at radius 3 is 2.28 bits per heavy atom. The number of nitrogens with zero attached hydrogens (tertiary/aromatic N) is 2. The van der Waals surface area contributed by atoms with Crippen molar-refractivity contribution >= 4 is 11.6 Å². The van der Waals surface area contributed by atoms with Crippen LogP contribution in [0.3, 0.4) is 0 Å². The van der Waals surface area contributed by atoms with Gasteiger partial charge in [0.05, 0.1) is 12.8 Å². The number of carbonyl (C=O) groups excluding carboxylic acids is 1. The number of ether oxygens (including phenoxy) is 1. The Bertz CT molecular complexity index is 548. The minimum atomic E-state index is -0.374. The standard InChI is InChI=1S/C14H12N2O2/c1-18-13-9-7-11(8-10-13)14(17)16-15-12-5-3-2-4-6-12/h2-10H,1H3. The lowest BCUT2D eigenvalue weighted by atomic mass is 10.2. The quantitative estimate of drug-likeness (QED) is 0.769. The minimum Gasteiger partial charge on any atom is -0.497 e. The summed E-state index contributed by atoms with van der Waals surface area (Å²) in [4.78, 5) is 11.7. The van der Waals surface area contributed by atoms with Crippen molar-refractivity contribution in [3.8, 4) is 5.75 Å². The number of carbonyl (C=O) groups is 1. The zero-order valence-electron chi connectivity index (χ0n) is 9.91. The maximum Gasteiger partial charge on any atom is 0.295 e. The summed E-state index contributed by atoms with van der Waals surface area (Å²) in [7, 11) is 1.58. The van der Waals surface area contributed by atoms with Crippen molar-refractivity contribution in [2.75, 3.05) is 7.11 Å². The maximum atomic E-state index is 11.7. The molecule has 0 fully saturated rings. The normalized spacial score (nSPS) is 10.5. The molecule has 0 atom stereocenters. The van der Waals surface area contributed by atoms with Crippen LogP contribution in [0.5, 0.6) is 5.75 Å². The highest BCUT2D eigenvalue weighted by Gasteiger charge is 2.03. The van der Waals surface area contributed by atoms with Crippen molar-refractivity contribution in [1.29, 1.82) is 0 Å². The van der Waals surface area contributed by atoms with Gasteiger partial charge >= 0.3 is 0 Å². The predicted octanol–water partition coefficient (Wildman–Crippen LogP) is 3.62. The van der Waals surface area contributed by atoms with Crippen LogP contribution in [-0.4, -0.2) is 13.0 Å². The summed E-state index contributed by atoms with van der Waals surface area (Å²) in [6, 6.07) is 15.9. The van der Waals surface area contributed by atoms with Gasteiger partial charge in [-0.15, -0.1) is 10.2 Å². The number of hydrogen-bond donors (Lipinski definition) is 0. The molecule has 90 valence electrons. The van der Waals surface area contributed by atoms with Crippen LogP contribution in [-0.2, 0) is 0 Å². The van der Waals surface area contributed by atoms with E-state index in [1.54, 1.807) is 43.5 Å². The van der Waals surface area contributed by atoms with E-state index in [0.717, 1.165) is 0 Å². The highest BCUT2D eigenvalue weighted by atomic mass is 16.5. The van der Waals surface area contributed by atoms with Gasteiger partial charge in [0, 0.05) is 5.56 Å². The zero-order chi connectivity index (χ0) is 12.8. The van der Waals surface area contributed by atoms with Gasteiger partial charge in [0.2, 0.25) is 0 Å². The second-order valence-corrected chi connectivity index (χ2v) is 3.57. The SMILES string of the molecule is COc1ccc(C(=O)N=Nc2ccccc2)cc1. The molecule has 2 aromatic carbocycles. The van der Waals surface area contributed by atoms with Gasteiger partial charge in [-0.25, -0.2) is 0 Å². The topological polar surface area (TPSA) is 51.0 Å². The Labute approximate surface area is 105 Å². The van der Waals surface area contributed by atoms with Crippen LogP contribution in [0.25, 0.3) is 0 Å². The van der Waals surface area contributed by atoms with E-state index in [9.17, 15) is 4.79 Å². The first kappa shape index (κ1) is 12.0. The molecule has 0 heterocycles. The lowest BCUT2D eigenvalue weighted by molar-refractivity contribution is 0.0995. The predicted molar refractivity (Wildman–Crippen MR) is 68.3 cm³/mol. The molecule has 0 bridgehead atoms. The fraction of sp³-hybridized carbons (Fsp3) is 0.0714. The second-order valence-electron chi connectivity index (χ2n) is 3.57. The summed E-state index contributed by atoms with van der Waals surface area (Å²) in [6.45, 7) is 0. The Morgan fingerprint density at radius 2 is 1.67 bits per heavy atom. The molecule has 0 saturated heterocycles. The molecule has 2 rings (SSSR count). The Kier molecular flexibility index (Phi) is 3.81. The van der Waals surface area contributed by atoms with E-state index in [2.05, 4.69) is 10.2 Å². The summed E-state index contributed by atoms with van der Waals surface area (Å²) in [6.07, 6.45) is 0. The molecule has 0 N–H and O–H groups in total. The summed E-state index contributed by atoms with van der Waals surface area (Å²) in [5.41, 5.74) is 1.13. The summed E-state index contributed by atoms with van der Waals surface area (Å²) in [5, 5.41) is 7.53. The van der Waals surface area contributed by atoms with Gasteiger partial charge in [0.1, 0.15) is 5.75 Å². The number of rotatable bonds is 3. The van der Waals surface area contributed by atoms with E-state index in [1.807, 2.05) is 18.2 Å². The van der Waals surface area contributed by atoms with Crippen molar-refractivity contribution in [3.63, 3.8) is 0 Å². The zero-order valence-corrected chi connectivity index (χ0v) is 9.91. The van der Waals surface area contributed by atoms with Crippen LogP contribution >= 0.6 is 0 Å². The summed E-state index contributed by atoms with van der Waals surface area (Å²) >= 11 is 0. The van der Waals surface area contributed by atoms with Gasteiger partial charge in [0.15, 0.2) is 0 Å². The lowest BCUT2D eigenvalue weighted by Crippen LogP contribution is -1.93. The smallest absolute Gasteiger partial charge is 0.295 e. The van der Waals surface area contributed by atoms with E-state index in [-0.39, 0.29) is 5.91 Å².